The highest BCUT2D eigenvalue weighted by molar-refractivity contribution is 7.99. The Hall–Kier alpha value is -2.60. The predicted octanol–water partition coefficient (Wildman–Crippen LogP) is 0.793. The minimum Gasteiger partial charge on any atom is -0.497 e. The highest BCUT2D eigenvalue weighted by Crippen LogP contribution is 2.19. The number of nitriles is 1. The van der Waals surface area contributed by atoms with Crippen LogP contribution >= 0.6 is 11.8 Å². The molecule has 0 saturated carbocycles. The minimum atomic E-state index is -0.162. The first-order valence-corrected chi connectivity index (χ1v) is 7.42. The van der Waals surface area contributed by atoms with Gasteiger partial charge in [-0.2, -0.15) is 9.94 Å². The molecule has 0 saturated heterocycles. The lowest BCUT2D eigenvalue weighted by atomic mass is 10.3. The molecule has 1 N–H and O–H groups in total. The topological polar surface area (TPSA) is 106 Å². The van der Waals surface area contributed by atoms with Crippen LogP contribution in [0.5, 0.6) is 5.75 Å². The van der Waals surface area contributed by atoms with Crippen LogP contribution in [0, 0.1) is 11.3 Å². The normalized spacial score (nSPS) is 10.0. The third-order valence-electron chi connectivity index (χ3n) is 2.65. The number of aromatic nitrogens is 4. The van der Waals surface area contributed by atoms with Gasteiger partial charge in [0.2, 0.25) is 11.1 Å². The first kappa shape index (κ1) is 15.8. The second-order valence-electron chi connectivity index (χ2n) is 4.12. The van der Waals surface area contributed by atoms with E-state index in [0.717, 1.165) is 11.4 Å². The fraction of sp³-hybridized carbons (Fsp3) is 0.308. The van der Waals surface area contributed by atoms with Gasteiger partial charge in [0.1, 0.15) is 5.75 Å². The highest BCUT2D eigenvalue weighted by atomic mass is 32.2. The molecule has 0 unspecified atom stereocenters. The molecule has 0 aliphatic heterocycles. The molecule has 114 valence electrons. The molecule has 0 fully saturated rings. The Bertz CT molecular complexity index is 664. The molecule has 0 radical (unpaired) electrons. The number of thioether (sulfide) groups is 1. The van der Waals surface area contributed by atoms with E-state index in [0.29, 0.717) is 18.1 Å². The van der Waals surface area contributed by atoms with Crippen molar-refractivity contribution in [2.75, 3.05) is 19.4 Å². The van der Waals surface area contributed by atoms with Crippen LogP contribution in [0.2, 0.25) is 0 Å². The quantitative estimate of drug-likeness (QED) is 0.594. The predicted molar refractivity (Wildman–Crippen MR) is 79.7 cm³/mol. The standard InChI is InChI=1S/C13H14N6O2S/c1-21-11-5-3-10(4-6-11)19-13(16-17-18-19)22-9-12(20)15-8-2-7-14/h3-6H,2,8-9H2,1H3,(H,15,20). The first-order chi connectivity index (χ1) is 10.7. The van der Waals surface area contributed by atoms with Crippen LogP contribution in [0.3, 0.4) is 0 Å². The van der Waals surface area contributed by atoms with Crippen molar-refractivity contribution in [3.05, 3.63) is 24.3 Å². The zero-order valence-electron chi connectivity index (χ0n) is 11.9. The summed E-state index contributed by atoms with van der Waals surface area (Å²) in [7, 11) is 1.60. The summed E-state index contributed by atoms with van der Waals surface area (Å²) in [5, 5.41) is 23.0. The lowest BCUT2D eigenvalue weighted by Gasteiger charge is -2.05. The summed E-state index contributed by atoms with van der Waals surface area (Å²) in [5.41, 5.74) is 0.776. The van der Waals surface area contributed by atoms with E-state index in [4.69, 9.17) is 10.00 Å². The van der Waals surface area contributed by atoms with Crippen LogP contribution in [0.4, 0.5) is 0 Å². The Kier molecular flexibility index (Phi) is 5.73. The summed E-state index contributed by atoms with van der Waals surface area (Å²) >= 11 is 1.23. The van der Waals surface area contributed by atoms with Crippen molar-refractivity contribution in [3.63, 3.8) is 0 Å². The first-order valence-electron chi connectivity index (χ1n) is 6.44. The van der Waals surface area contributed by atoms with E-state index in [1.165, 1.54) is 11.8 Å². The van der Waals surface area contributed by atoms with Gasteiger partial charge in [-0.3, -0.25) is 4.79 Å². The number of hydrogen-bond donors (Lipinski definition) is 1. The molecule has 8 nitrogen and oxygen atoms in total. The molecule has 2 rings (SSSR count). The number of benzene rings is 1. The number of amides is 1. The molecular formula is C13H14N6O2S. The summed E-state index contributed by atoms with van der Waals surface area (Å²) < 4.78 is 6.65. The van der Waals surface area contributed by atoms with Crippen molar-refractivity contribution in [2.24, 2.45) is 0 Å². The monoisotopic (exact) mass is 318 g/mol. The average Bonchev–Trinajstić information content (AvgIpc) is 3.02. The van der Waals surface area contributed by atoms with Gasteiger partial charge in [-0.05, 0) is 34.7 Å². The van der Waals surface area contributed by atoms with Gasteiger partial charge in [0.15, 0.2) is 0 Å². The van der Waals surface area contributed by atoms with Crippen molar-refractivity contribution in [1.29, 1.82) is 5.26 Å². The second-order valence-corrected chi connectivity index (χ2v) is 5.06. The Morgan fingerprint density at radius 2 is 2.23 bits per heavy atom. The molecule has 0 aliphatic rings. The minimum absolute atomic E-state index is 0.162. The van der Waals surface area contributed by atoms with Crippen LogP contribution in [0.25, 0.3) is 5.69 Å². The number of nitrogens with one attached hydrogen (secondary N) is 1. The Morgan fingerprint density at radius 3 is 2.91 bits per heavy atom. The van der Waals surface area contributed by atoms with Crippen LogP contribution in [0.15, 0.2) is 29.4 Å². The summed E-state index contributed by atoms with van der Waals surface area (Å²) in [6, 6.07) is 9.23. The number of carbonyl (C=O) groups is 1. The molecule has 0 aliphatic carbocycles. The van der Waals surface area contributed by atoms with Crippen LogP contribution < -0.4 is 10.1 Å². The lowest BCUT2D eigenvalue weighted by Crippen LogP contribution is -2.26. The van der Waals surface area contributed by atoms with Gasteiger partial charge in [-0.1, -0.05) is 11.8 Å². The molecule has 0 spiro atoms. The SMILES string of the molecule is COc1ccc(-n2nnnc2SCC(=O)NCCC#N)cc1. The highest BCUT2D eigenvalue weighted by Gasteiger charge is 2.11. The molecule has 2 aromatic rings. The number of hydrogen-bond acceptors (Lipinski definition) is 7. The molecule has 0 bridgehead atoms. The zero-order valence-corrected chi connectivity index (χ0v) is 12.7. The number of nitrogens with zero attached hydrogens (tertiary/aromatic N) is 5. The van der Waals surface area contributed by atoms with Gasteiger partial charge in [-0.15, -0.1) is 5.10 Å². The van der Waals surface area contributed by atoms with Crippen molar-refractivity contribution < 1.29 is 9.53 Å². The number of tetrazole rings is 1. The molecule has 1 aromatic carbocycles. The number of rotatable bonds is 7. The van der Waals surface area contributed by atoms with Crippen molar-refractivity contribution in [3.8, 4) is 17.5 Å². The molecule has 1 aromatic heterocycles. The van der Waals surface area contributed by atoms with Gasteiger partial charge in [-0.25, -0.2) is 0 Å². The molecule has 1 amide bonds. The maximum Gasteiger partial charge on any atom is 0.230 e. The van der Waals surface area contributed by atoms with E-state index in [-0.39, 0.29) is 11.7 Å². The van der Waals surface area contributed by atoms with E-state index >= 15 is 0 Å². The van der Waals surface area contributed by atoms with Gasteiger partial charge in [0, 0.05) is 6.54 Å². The Balaban J connectivity index is 1.97. The van der Waals surface area contributed by atoms with Crippen molar-refractivity contribution >= 4 is 17.7 Å². The number of carbonyl (C=O) groups excluding carboxylic acids is 1. The lowest BCUT2D eigenvalue weighted by molar-refractivity contribution is -0.118. The molecular weight excluding hydrogens is 304 g/mol. The number of methoxy groups -OCH3 is 1. The smallest absolute Gasteiger partial charge is 0.230 e. The molecule has 22 heavy (non-hydrogen) atoms. The van der Waals surface area contributed by atoms with E-state index < -0.39 is 0 Å². The van der Waals surface area contributed by atoms with Crippen LogP contribution in [-0.2, 0) is 4.79 Å². The van der Waals surface area contributed by atoms with Gasteiger partial charge < -0.3 is 10.1 Å². The molecule has 1 heterocycles. The third-order valence-corrected chi connectivity index (χ3v) is 3.57. The van der Waals surface area contributed by atoms with E-state index in [9.17, 15) is 4.79 Å². The van der Waals surface area contributed by atoms with Crippen LogP contribution in [0.1, 0.15) is 6.42 Å². The summed E-state index contributed by atoms with van der Waals surface area (Å²) in [5.74, 6) is 0.759. The Morgan fingerprint density at radius 1 is 1.45 bits per heavy atom. The van der Waals surface area contributed by atoms with Gasteiger partial charge in [0.05, 0.1) is 31.0 Å². The van der Waals surface area contributed by atoms with Gasteiger partial charge >= 0.3 is 0 Å². The fourth-order valence-corrected chi connectivity index (χ4v) is 2.31. The summed E-state index contributed by atoms with van der Waals surface area (Å²) in [4.78, 5) is 11.6. The summed E-state index contributed by atoms with van der Waals surface area (Å²) in [6.45, 7) is 0.347. The third kappa shape index (κ3) is 4.20. The van der Waals surface area contributed by atoms with E-state index in [1.54, 1.807) is 23.9 Å². The summed E-state index contributed by atoms with van der Waals surface area (Å²) in [6.07, 6.45) is 0.292. The molecule has 0 atom stereocenters. The van der Waals surface area contributed by atoms with Crippen molar-refractivity contribution in [1.82, 2.24) is 25.5 Å². The van der Waals surface area contributed by atoms with Gasteiger partial charge in [0.25, 0.3) is 0 Å². The fourth-order valence-electron chi connectivity index (χ4n) is 1.59. The average molecular weight is 318 g/mol. The van der Waals surface area contributed by atoms with E-state index in [2.05, 4.69) is 20.8 Å². The largest absolute Gasteiger partial charge is 0.497 e. The van der Waals surface area contributed by atoms with Crippen molar-refractivity contribution in [2.45, 2.75) is 11.6 Å². The number of ether oxygens (including phenoxy) is 1. The second kappa shape index (κ2) is 7.99. The Labute approximate surface area is 131 Å². The molecule has 9 heteroatoms. The maximum atomic E-state index is 11.6. The maximum absolute atomic E-state index is 11.6. The zero-order chi connectivity index (χ0) is 15.8. The van der Waals surface area contributed by atoms with E-state index in [1.807, 2.05) is 18.2 Å². The van der Waals surface area contributed by atoms with Crippen LogP contribution in [-0.4, -0.2) is 45.5 Å².